The van der Waals surface area contributed by atoms with Gasteiger partial charge in [-0.3, -0.25) is 9.59 Å². The summed E-state index contributed by atoms with van der Waals surface area (Å²) in [4.78, 5) is 26.4. The Morgan fingerprint density at radius 1 is 1.07 bits per heavy atom. The van der Waals surface area contributed by atoms with Crippen molar-refractivity contribution >= 4 is 17.9 Å². The van der Waals surface area contributed by atoms with Crippen LogP contribution in [0.5, 0.6) is 0 Å². The smallest absolute Gasteiger partial charge is 0.223 e. The second-order valence-electron chi connectivity index (χ2n) is 6.91. The van der Waals surface area contributed by atoms with Crippen molar-refractivity contribution in [1.29, 1.82) is 0 Å². The van der Waals surface area contributed by atoms with Crippen LogP contribution in [-0.4, -0.2) is 23.3 Å². The van der Waals surface area contributed by atoms with Gasteiger partial charge in [0.05, 0.1) is 12.5 Å². The summed E-state index contributed by atoms with van der Waals surface area (Å²) in [7, 11) is 0. The molecule has 0 saturated carbocycles. The van der Waals surface area contributed by atoms with Gasteiger partial charge in [-0.2, -0.15) is 0 Å². The van der Waals surface area contributed by atoms with E-state index in [0.717, 1.165) is 17.5 Å². The molecule has 27 heavy (non-hydrogen) atoms. The van der Waals surface area contributed by atoms with Crippen LogP contribution in [-0.2, 0) is 9.59 Å². The lowest BCUT2D eigenvalue weighted by molar-refractivity contribution is -0.129. The topological polar surface area (TPSA) is 49.4 Å². The fraction of sp³-hybridized carbons (Fsp3) is 0.304. The summed E-state index contributed by atoms with van der Waals surface area (Å²) in [6.07, 6.45) is 4.92. The number of nitrogens with one attached hydrogen (secondary N) is 1. The second-order valence-corrected chi connectivity index (χ2v) is 6.91. The molecule has 4 nitrogen and oxygen atoms in total. The number of fused-ring (bicyclic) bond motifs is 1. The van der Waals surface area contributed by atoms with Crippen LogP contribution in [0.4, 0.5) is 0 Å². The minimum Gasteiger partial charge on any atom is -0.355 e. The summed E-state index contributed by atoms with van der Waals surface area (Å²) in [5, 5.41) is 3.07. The van der Waals surface area contributed by atoms with Crippen molar-refractivity contribution in [2.24, 2.45) is 0 Å². The molecule has 3 rings (SSSR count). The van der Waals surface area contributed by atoms with Crippen LogP contribution < -0.4 is 5.32 Å². The molecule has 4 heteroatoms. The molecule has 0 spiro atoms. The van der Waals surface area contributed by atoms with Crippen molar-refractivity contribution in [3.8, 4) is 0 Å². The van der Waals surface area contributed by atoms with Crippen molar-refractivity contribution in [1.82, 2.24) is 10.2 Å². The van der Waals surface area contributed by atoms with Gasteiger partial charge in [-0.1, -0.05) is 61.5 Å². The molecule has 0 bridgehead atoms. The maximum absolute atomic E-state index is 12.7. The fourth-order valence-corrected chi connectivity index (χ4v) is 3.62. The number of carbonyl (C=O) groups excluding carboxylic acids is 2. The van der Waals surface area contributed by atoms with Gasteiger partial charge in [-0.15, -0.1) is 0 Å². The van der Waals surface area contributed by atoms with Crippen LogP contribution in [0.25, 0.3) is 6.08 Å². The third-order valence-electron chi connectivity index (χ3n) is 5.16. The molecule has 0 unspecified atom stereocenters. The van der Waals surface area contributed by atoms with Crippen molar-refractivity contribution < 1.29 is 9.59 Å². The zero-order chi connectivity index (χ0) is 19.2. The first-order chi connectivity index (χ1) is 13.1. The molecular weight excluding hydrogens is 336 g/mol. The molecule has 2 amide bonds. The molecule has 2 aromatic rings. The Hall–Kier alpha value is -2.88. The molecule has 0 aliphatic carbocycles. The quantitative estimate of drug-likeness (QED) is 0.835. The van der Waals surface area contributed by atoms with Gasteiger partial charge in [-0.25, -0.2) is 0 Å². The van der Waals surface area contributed by atoms with E-state index in [0.29, 0.717) is 6.54 Å². The number of benzene rings is 2. The molecule has 0 aromatic heterocycles. The van der Waals surface area contributed by atoms with E-state index in [1.165, 1.54) is 12.5 Å². The third-order valence-corrected chi connectivity index (χ3v) is 5.16. The molecule has 140 valence electrons. The highest BCUT2D eigenvalue weighted by Gasteiger charge is 2.28. The average Bonchev–Trinajstić information content (AvgIpc) is 2.69. The standard InChI is InChI=1S/C23H26N2O2/c1-3-18(19-9-5-4-6-10-19)16-24-23(27)15-22-21-12-8-7-11-20(21)13-14-25(22)17(2)26/h4-14,18,22H,3,15-16H2,1-2H3,(H,24,27)/t18-,22+/m1/s1. The highest BCUT2D eigenvalue weighted by atomic mass is 16.2. The summed E-state index contributed by atoms with van der Waals surface area (Å²) >= 11 is 0. The Morgan fingerprint density at radius 3 is 2.48 bits per heavy atom. The predicted octanol–water partition coefficient (Wildman–Crippen LogP) is 4.26. The average molecular weight is 362 g/mol. The predicted molar refractivity (Wildman–Crippen MR) is 108 cm³/mol. The summed E-state index contributed by atoms with van der Waals surface area (Å²) < 4.78 is 0. The van der Waals surface area contributed by atoms with Crippen molar-refractivity contribution in [3.05, 3.63) is 77.5 Å². The minimum atomic E-state index is -0.263. The van der Waals surface area contributed by atoms with Crippen molar-refractivity contribution in [3.63, 3.8) is 0 Å². The molecule has 2 aromatic carbocycles. The Bertz CT molecular complexity index is 829. The maximum atomic E-state index is 12.7. The number of hydrogen-bond acceptors (Lipinski definition) is 2. The van der Waals surface area contributed by atoms with Crippen LogP contribution in [0.15, 0.2) is 60.8 Å². The Labute approximate surface area is 160 Å². The monoisotopic (exact) mass is 362 g/mol. The second kappa shape index (κ2) is 8.67. The van der Waals surface area contributed by atoms with Crippen LogP contribution >= 0.6 is 0 Å². The van der Waals surface area contributed by atoms with Crippen LogP contribution in [0.3, 0.4) is 0 Å². The fourth-order valence-electron chi connectivity index (χ4n) is 3.62. The largest absolute Gasteiger partial charge is 0.355 e. The summed E-state index contributed by atoms with van der Waals surface area (Å²) in [6, 6.07) is 17.9. The van der Waals surface area contributed by atoms with Gasteiger partial charge in [0.2, 0.25) is 11.8 Å². The van der Waals surface area contributed by atoms with Gasteiger partial charge < -0.3 is 10.2 Å². The molecule has 0 saturated heterocycles. The maximum Gasteiger partial charge on any atom is 0.223 e. The zero-order valence-electron chi connectivity index (χ0n) is 15.9. The highest BCUT2D eigenvalue weighted by Crippen LogP contribution is 2.32. The number of amides is 2. The first-order valence-corrected chi connectivity index (χ1v) is 9.47. The lowest BCUT2D eigenvalue weighted by atomic mass is 9.93. The van der Waals surface area contributed by atoms with E-state index in [1.54, 1.807) is 11.1 Å². The highest BCUT2D eigenvalue weighted by molar-refractivity contribution is 5.81. The summed E-state index contributed by atoms with van der Waals surface area (Å²) in [5.74, 6) is 0.192. The molecule has 0 fully saturated rings. The van der Waals surface area contributed by atoms with Gasteiger partial charge in [0.1, 0.15) is 0 Å². The minimum absolute atomic E-state index is 0.0364. The van der Waals surface area contributed by atoms with E-state index in [4.69, 9.17) is 0 Å². The van der Waals surface area contributed by atoms with Gasteiger partial charge in [0.15, 0.2) is 0 Å². The number of carbonyl (C=O) groups is 2. The van der Waals surface area contributed by atoms with Crippen LogP contribution in [0, 0.1) is 0 Å². The van der Waals surface area contributed by atoms with Gasteiger partial charge >= 0.3 is 0 Å². The Morgan fingerprint density at radius 2 is 1.78 bits per heavy atom. The number of hydrogen-bond donors (Lipinski definition) is 1. The lowest BCUT2D eigenvalue weighted by Gasteiger charge is -2.32. The molecule has 1 heterocycles. The van der Waals surface area contributed by atoms with E-state index in [2.05, 4.69) is 24.4 Å². The number of nitrogens with zero attached hydrogens (tertiary/aromatic N) is 1. The first kappa shape index (κ1) is 18.9. The molecule has 1 aliphatic rings. The molecule has 0 radical (unpaired) electrons. The number of rotatable bonds is 6. The van der Waals surface area contributed by atoms with Gasteiger partial charge in [0.25, 0.3) is 0 Å². The SMILES string of the molecule is CC[C@H](CNC(=O)C[C@H]1c2ccccc2C=CN1C(C)=O)c1ccccc1. The normalized spacial score (nSPS) is 16.5. The molecular formula is C23H26N2O2. The first-order valence-electron chi connectivity index (χ1n) is 9.47. The molecule has 1 aliphatic heterocycles. The van der Waals surface area contributed by atoms with Gasteiger partial charge in [0, 0.05) is 25.6 Å². The Kier molecular flexibility index (Phi) is 6.07. The molecule has 2 atom stereocenters. The van der Waals surface area contributed by atoms with E-state index in [-0.39, 0.29) is 30.2 Å². The summed E-state index contributed by atoms with van der Waals surface area (Å²) in [6.45, 7) is 4.26. The van der Waals surface area contributed by atoms with Crippen LogP contribution in [0.1, 0.15) is 55.3 Å². The Balaban J connectivity index is 1.68. The van der Waals surface area contributed by atoms with E-state index in [1.807, 2.05) is 48.5 Å². The van der Waals surface area contributed by atoms with Gasteiger partial charge in [-0.05, 0) is 29.2 Å². The van der Waals surface area contributed by atoms with E-state index >= 15 is 0 Å². The molecule has 1 N–H and O–H groups in total. The lowest BCUT2D eigenvalue weighted by Crippen LogP contribution is -2.36. The third kappa shape index (κ3) is 4.45. The zero-order valence-corrected chi connectivity index (χ0v) is 15.9. The van der Waals surface area contributed by atoms with E-state index < -0.39 is 0 Å². The summed E-state index contributed by atoms with van der Waals surface area (Å²) in [5.41, 5.74) is 3.31. The van der Waals surface area contributed by atoms with E-state index in [9.17, 15) is 9.59 Å². The van der Waals surface area contributed by atoms with Crippen molar-refractivity contribution in [2.45, 2.75) is 38.6 Å². The van der Waals surface area contributed by atoms with Crippen molar-refractivity contribution in [2.75, 3.05) is 6.54 Å². The van der Waals surface area contributed by atoms with Crippen LogP contribution in [0.2, 0.25) is 0 Å².